The van der Waals surface area contributed by atoms with Crippen LogP contribution in [0.1, 0.15) is 38.2 Å². The van der Waals surface area contributed by atoms with Gasteiger partial charge in [0.1, 0.15) is 18.3 Å². The van der Waals surface area contributed by atoms with E-state index in [0.717, 1.165) is 11.1 Å². The Balaban J connectivity index is 1.76. The molecule has 2 aromatic rings. The van der Waals surface area contributed by atoms with E-state index in [9.17, 15) is 5.11 Å². The highest BCUT2D eigenvalue weighted by molar-refractivity contribution is 5.51. The molecule has 0 radical (unpaired) electrons. The van der Waals surface area contributed by atoms with Crippen molar-refractivity contribution in [1.82, 2.24) is 14.8 Å². The van der Waals surface area contributed by atoms with Gasteiger partial charge in [-0.15, -0.1) is 0 Å². The maximum absolute atomic E-state index is 11.2. The van der Waals surface area contributed by atoms with Crippen molar-refractivity contribution >= 4 is 6.08 Å². The maximum Gasteiger partial charge on any atom is 0.184 e. The van der Waals surface area contributed by atoms with Crippen molar-refractivity contribution < 1.29 is 14.6 Å². The highest BCUT2D eigenvalue weighted by Gasteiger charge is 2.38. The van der Waals surface area contributed by atoms with Crippen LogP contribution < -0.4 is 0 Å². The monoisotopic (exact) mass is 343 g/mol. The van der Waals surface area contributed by atoms with Gasteiger partial charge in [0.25, 0.3) is 0 Å². The molecule has 1 atom stereocenters. The first kappa shape index (κ1) is 17.8. The van der Waals surface area contributed by atoms with Crippen LogP contribution in [-0.4, -0.2) is 38.7 Å². The second-order valence-corrected chi connectivity index (χ2v) is 7.34. The molecule has 1 N–H and O–H groups in total. The van der Waals surface area contributed by atoms with Crippen LogP contribution in [0.15, 0.2) is 43.0 Å². The SMILES string of the molecule is CC(C)(C)C(O)(/C=C/c1ccc(C2OCCO2)cc1)Cn1cncn1. The second-order valence-electron chi connectivity index (χ2n) is 7.34. The summed E-state index contributed by atoms with van der Waals surface area (Å²) < 4.78 is 12.6. The normalized spacial score (nSPS) is 18.7. The minimum atomic E-state index is -1.06. The zero-order valence-corrected chi connectivity index (χ0v) is 14.9. The van der Waals surface area contributed by atoms with E-state index < -0.39 is 5.60 Å². The van der Waals surface area contributed by atoms with E-state index in [0.29, 0.717) is 19.8 Å². The molecule has 1 aromatic carbocycles. The molecule has 6 nitrogen and oxygen atoms in total. The highest BCUT2D eigenvalue weighted by Crippen LogP contribution is 2.33. The van der Waals surface area contributed by atoms with E-state index in [1.807, 2.05) is 57.2 Å². The quantitative estimate of drug-likeness (QED) is 0.904. The molecule has 0 aliphatic carbocycles. The minimum Gasteiger partial charge on any atom is -0.383 e. The molecule has 3 rings (SSSR count). The molecule has 1 aromatic heterocycles. The molecular formula is C19H25N3O3. The first-order chi connectivity index (χ1) is 11.9. The standard InChI is InChI=1S/C19H25N3O3/c1-18(2,3)19(23,12-22-14-20-13-21-22)9-8-15-4-6-16(7-5-15)17-24-10-11-25-17/h4-9,13-14,17,23H,10-12H2,1-3H3/b9-8+. The molecule has 1 aliphatic heterocycles. The fourth-order valence-electron chi connectivity index (χ4n) is 2.65. The summed E-state index contributed by atoms with van der Waals surface area (Å²) in [4.78, 5) is 3.95. The summed E-state index contributed by atoms with van der Waals surface area (Å²) >= 11 is 0. The molecule has 1 saturated heterocycles. The van der Waals surface area contributed by atoms with Crippen molar-refractivity contribution in [3.05, 3.63) is 54.1 Å². The molecule has 1 aliphatic rings. The third-order valence-corrected chi connectivity index (χ3v) is 4.55. The summed E-state index contributed by atoms with van der Waals surface area (Å²) in [6, 6.07) is 7.97. The molecule has 0 bridgehead atoms. The van der Waals surface area contributed by atoms with Crippen LogP contribution in [0, 0.1) is 5.41 Å². The molecule has 0 amide bonds. The minimum absolute atomic E-state index is 0.267. The lowest BCUT2D eigenvalue weighted by Crippen LogP contribution is -2.44. The van der Waals surface area contributed by atoms with E-state index >= 15 is 0 Å². The third-order valence-electron chi connectivity index (χ3n) is 4.55. The average molecular weight is 343 g/mol. The van der Waals surface area contributed by atoms with Crippen molar-refractivity contribution in [3.8, 4) is 0 Å². The molecule has 0 saturated carbocycles. The summed E-state index contributed by atoms with van der Waals surface area (Å²) in [5.41, 5.74) is 0.587. The van der Waals surface area contributed by atoms with Crippen molar-refractivity contribution in [3.63, 3.8) is 0 Å². The van der Waals surface area contributed by atoms with E-state index in [-0.39, 0.29) is 11.7 Å². The summed E-state index contributed by atoms with van der Waals surface area (Å²) in [7, 11) is 0. The number of aliphatic hydroxyl groups is 1. The third kappa shape index (κ3) is 4.15. The van der Waals surface area contributed by atoms with Crippen molar-refractivity contribution in [2.45, 2.75) is 39.2 Å². The van der Waals surface area contributed by atoms with E-state index in [2.05, 4.69) is 10.1 Å². The molecule has 1 fully saturated rings. The molecule has 6 heteroatoms. The molecule has 2 heterocycles. The van der Waals surface area contributed by atoms with E-state index in [1.165, 1.54) is 6.33 Å². The van der Waals surface area contributed by atoms with Crippen LogP contribution in [0.25, 0.3) is 6.08 Å². The summed E-state index contributed by atoms with van der Waals surface area (Å²) in [6.45, 7) is 7.62. The Hall–Kier alpha value is -2.02. The van der Waals surface area contributed by atoms with Gasteiger partial charge in [-0.1, -0.05) is 57.2 Å². The Labute approximate surface area is 148 Å². The summed E-state index contributed by atoms with van der Waals surface area (Å²) in [5, 5.41) is 15.3. The Morgan fingerprint density at radius 2 is 1.88 bits per heavy atom. The van der Waals surface area contributed by atoms with Gasteiger partial charge in [0.05, 0.1) is 19.8 Å². The van der Waals surface area contributed by atoms with Gasteiger partial charge in [0.2, 0.25) is 0 Å². The molecule has 25 heavy (non-hydrogen) atoms. The van der Waals surface area contributed by atoms with Gasteiger partial charge in [-0.2, -0.15) is 5.10 Å². The predicted octanol–water partition coefficient (Wildman–Crippen LogP) is 2.81. The predicted molar refractivity (Wildman–Crippen MR) is 94.5 cm³/mol. The zero-order valence-electron chi connectivity index (χ0n) is 14.9. The van der Waals surface area contributed by atoms with Crippen LogP contribution in [0.5, 0.6) is 0 Å². The van der Waals surface area contributed by atoms with Gasteiger partial charge in [-0.3, -0.25) is 0 Å². The fraction of sp³-hybridized carbons (Fsp3) is 0.474. The highest BCUT2D eigenvalue weighted by atomic mass is 16.7. The Bertz CT molecular complexity index is 699. The first-order valence-corrected chi connectivity index (χ1v) is 8.45. The van der Waals surface area contributed by atoms with E-state index in [4.69, 9.17) is 9.47 Å². The largest absolute Gasteiger partial charge is 0.383 e. The van der Waals surface area contributed by atoms with Gasteiger partial charge in [-0.05, 0) is 11.0 Å². The average Bonchev–Trinajstić information content (AvgIpc) is 3.26. The lowest BCUT2D eigenvalue weighted by Gasteiger charge is -2.37. The molecular weight excluding hydrogens is 318 g/mol. The Morgan fingerprint density at radius 3 is 2.44 bits per heavy atom. The van der Waals surface area contributed by atoms with Crippen LogP contribution in [-0.2, 0) is 16.0 Å². The van der Waals surface area contributed by atoms with Crippen LogP contribution in [0.3, 0.4) is 0 Å². The van der Waals surface area contributed by atoms with Crippen LogP contribution in [0.4, 0.5) is 0 Å². The number of hydrogen-bond acceptors (Lipinski definition) is 5. The number of hydrogen-bond donors (Lipinski definition) is 1. The van der Waals surface area contributed by atoms with Gasteiger partial charge in [-0.25, -0.2) is 9.67 Å². The number of benzene rings is 1. The van der Waals surface area contributed by atoms with Crippen LogP contribution in [0.2, 0.25) is 0 Å². The Morgan fingerprint density at radius 1 is 1.20 bits per heavy atom. The molecule has 134 valence electrons. The number of aromatic nitrogens is 3. The number of ether oxygens (including phenoxy) is 2. The van der Waals surface area contributed by atoms with E-state index in [1.54, 1.807) is 11.0 Å². The van der Waals surface area contributed by atoms with Gasteiger partial charge in [0.15, 0.2) is 6.29 Å². The van der Waals surface area contributed by atoms with Crippen molar-refractivity contribution in [2.24, 2.45) is 5.41 Å². The zero-order chi connectivity index (χ0) is 17.9. The number of rotatable bonds is 5. The Kier molecular flexibility index (Phi) is 5.03. The van der Waals surface area contributed by atoms with Crippen LogP contribution >= 0.6 is 0 Å². The van der Waals surface area contributed by atoms with Gasteiger partial charge >= 0.3 is 0 Å². The summed E-state index contributed by atoms with van der Waals surface area (Å²) in [5.74, 6) is 0. The van der Waals surface area contributed by atoms with Gasteiger partial charge in [0, 0.05) is 5.56 Å². The lowest BCUT2D eigenvalue weighted by atomic mass is 9.76. The second kappa shape index (κ2) is 7.07. The maximum atomic E-state index is 11.2. The molecule has 1 unspecified atom stereocenters. The number of nitrogens with zero attached hydrogens (tertiary/aromatic N) is 3. The molecule has 0 spiro atoms. The van der Waals surface area contributed by atoms with Gasteiger partial charge < -0.3 is 14.6 Å². The van der Waals surface area contributed by atoms with Crippen molar-refractivity contribution in [2.75, 3.05) is 13.2 Å². The smallest absolute Gasteiger partial charge is 0.184 e. The lowest BCUT2D eigenvalue weighted by molar-refractivity contribution is -0.0441. The fourth-order valence-corrected chi connectivity index (χ4v) is 2.65. The van der Waals surface area contributed by atoms with Crippen molar-refractivity contribution in [1.29, 1.82) is 0 Å². The summed E-state index contributed by atoms with van der Waals surface area (Å²) in [6.07, 6.45) is 6.59. The topological polar surface area (TPSA) is 69.4 Å². The first-order valence-electron chi connectivity index (χ1n) is 8.45.